The van der Waals surface area contributed by atoms with Crippen molar-refractivity contribution in [3.05, 3.63) is 102 Å². The highest BCUT2D eigenvalue weighted by molar-refractivity contribution is 7.98. The predicted molar refractivity (Wildman–Crippen MR) is 165 cm³/mol. The van der Waals surface area contributed by atoms with E-state index in [-0.39, 0.29) is 11.4 Å². The minimum absolute atomic E-state index is 0.162. The van der Waals surface area contributed by atoms with Crippen molar-refractivity contribution < 1.29 is 14.7 Å². The Kier molecular flexibility index (Phi) is 9.31. The van der Waals surface area contributed by atoms with Crippen LogP contribution in [0.2, 0.25) is 0 Å². The molecule has 1 atom stereocenters. The van der Waals surface area contributed by atoms with Gasteiger partial charge in [0.05, 0.1) is 0 Å². The van der Waals surface area contributed by atoms with Gasteiger partial charge in [0.1, 0.15) is 17.6 Å². The van der Waals surface area contributed by atoms with Gasteiger partial charge < -0.3 is 15.3 Å². The Hall–Kier alpha value is -4.17. The van der Waals surface area contributed by atoms with Crippen molar-refractivity contribution >= 4 is 29.5 Å². The summed E-state index contributed by atoms with van der Waals surface area (Å²) in [5.41, 5.74) is 4.24. The summed E-state index contributed by atoms with van der Waals surface area (Å²) in [7, 11) is 0. The summed E-state index contributed by atoms with van der Waals surface area (Å²) in [5, 5.41) is 12.5. The van der Waals surface area contributed by atoms with Gasteiger partial charge in [-0.2, -0.15) is 11.8 Å². The SMILES string of the molecule is CC1CCN(c2cc(C(=O)N[C@@H](CSCc3ccccc3)C(=O)O)nc(-c3ccc(-c4ccccc4)cc3)n2)CC1. The number of carboxylic acids is 1. The zero-order valence-corrected chi connectivity index (χ0v) is 23.9. The Morgan fingerprint density at radius 3 is 2.17 bits per heavy atom. The lowest BCUT2D eigenvalue weighted by Gasteiger charge is -2.31. The monoisotopic (exact) mass is 566 g/mol. The normalized spacial score (nSPS) is 14.4. The quantitative estimate of drug-likeness (QED) is 0.237. The number of nitrogens with one attached hydrogen (secondary N) is 1. The van der Waals surface area contributed by atoms with Crippen molar-refractivity contribution in [3.8, 4) is 22.5 Å². The number of hydrogen-bond donors (Lipinski definition) is 2. The summed E-state index contributed by atoms with van der Waals surface area (Å²) in [6.07, 6.45) is 2.10. The number of carboxylic acid groups (broad SMARTS) is 1. The third-order valence-electron chi connectivity index (χ3n) is 7.30. The average molecular weight is 567 g/mol. The Balaban J connectivity index is 1.38. The maximum Gasteiger partial charge on any atom is 0.327 e. The number of carbonyl (C=O) groups is 2. The molecule has 4 aromatic rings. The van der Waals surface area contributed by atoms with Crippen LogP contribution in [0.5, 0.6) is 0 Å². The van der Waals surface area contributed by atoms with Crippen molar-refractivity contribution in [3.63, 3.8) is 0 Å². The van der Waals surface area contributed by atoms with Crippen LogP contribution in [0, 0.1) is 5.92 Å². The van der Waals surface area contributed by atoms with Gasteiger partial charge in [-0.15, -0.1) is 0 Å². The van der Waals surface area contributed by atoms with E-state index in [4.69, 9.17) is 4.98 Å². The van der Waals surface area contributed by atoms with Crippen LogP contribution in [0.3, 0.4) is 0 Å². The first-order valence-electron chi connectivity index (χ1n) is 13.9. The van der Waals surface area contributed by atoms with Crippen molar-refractivity contribution in [2.24, 2.45) is 5.92 Å². The number of piperidine rings is 1. The van der Waals surface area contributed by atoms with Crippen molar-refractivity contribution in [2.45, 2.75) is 31.6 Å². The number of rotatable bonds is 10. The molecule has 0 bridgehead atoms. The molecule has 0 spiro atoms. The smallest absolute Gasteiger partial charge is 0.327 e. The molecule has 8 heteroatoms. The second-order valence-electron chi connectivity index (χ2n) is 10.4. The molecule has 0 unspecified atom stereocenters. The van der Waals surface area contributed by atoms with Crippen molar-refractivity contribution in [1.82, 2.24) is 15.3 Å². The molecule has 1 saturated heterocycles. The van der Waals surface area contributed by atoms with Crippen LogP contribution < -0.4 is 10.2 Å². The van der Waals surface area contributed by atoms with Gasteiger partial charge >= 0.3 is 5.97 Å². The predicted octanol–water partition coefficient (Wildman–Crippen LogP) is 6.16. The average Bonchev–Trinajstić information content (AvgIpc) is 3.01. The van der Waals surface area contributed by atoms with Crippen molar-refractivity contribution in [2.75, 3.05) is 23.7 Å². The molecule has 0 radical (unpaired) electrons. The Morgan fingerprint density at radius 1 is 0.902 bits per heavy atom. The standard InChI is InChI=1S/C33H34N4O3S/c1-23-16-18-37(19-17-23)30-20-28(32(38)35-29(33(39)40)22-41-21-24-8-4-2-5-9-24)34-31(36-30)27-14-12-26(13-15-27)25-10-6-3-7-11-25/h2-15,20,23,29H,16-19,21-22H2,1H3,(H,35,38)(H,39,40)/t29-/m0/s1. The molecule has 2 N–H and O–H groups in total. The van der Waals surface area contributed by atoms with Crippen LogP contribution in [-0.2, 0) is 10.5 Å². The van der Waals surface area contributed by atoms with Crippen LogP contribution in [-0.4, -0.2) is 51.8 Å². The van der Waals surface area contributed by atoms with Gasteiger partial charge in [-0.1, -0.05) is 91.9 Å². The second kappa shape index (κ2) is 13.5. The number of benzene rings is 3. The first-order chi connectivity index (χ1) is 20.0. The lowest BCUT2D eigenvalue weighted by Crippen LogP contribution is -2.43. The summed E-state index contributed by atoms with van der Waals surface area (Å²) in [5.74, 6) is 1.08. The summed E-state index contributed by atoms with van der Waals surface area (Å²) in [4.78, 5) is 37.1. The molecule has 41 heavy (non-hydrogen) atoms. The van der Waals surface area contributed by atoms with Gasteiger partial charge in [0, 0.05) is 36.2 Å². The van der Waals surface area contributed by atoms with E-state index >= 15 is 0 Å². The molecular weight excluding hydrogens is 532 g/mol. The Morgan fingerprint density at radius 2 is 1.51 bits per heavy atom. The third-order valence-corrected chi connectivity index (χ3v) is 8.41. The van der Waals surface area contributed by atoms with E-state index in [1.165, 1.54) is 11.8 Å². The number of amides is 1. The van der Waals surface area contributed by atoms with E-state index in [1.54, 1.807) is 6.07 Å². The first kappa shape index (κ1) is 28.4. The highest BCUT2D eigenvalue weighted by Gasteiger charge is 2.24. The van der Waals surface area contributed by atoms with Gasteiger partial charge in [0.15, 0.2) is 5.82 Å². The third kappa shape index (κ3) is 7.52. The van der Waals surface area contributed by atoms with Crippen LogP contribution in [0.25, 0.3) is 22.5 Å². The second-order valence-corrected chi connectivity index (χ2v) is 11.4. The highest BCUT2D eigenvalue weighted by atomic mass is 32.2. The molecule has 210 valence electrons. The molecule has 1 aromatic heterocycles. The lowest BCUT2D eigenvalue weighted by atomic mass is 9.99. The van der Waals surface area contributed by atoms with Crippen LogP contribution in [0.15, 0.2) is 91.0 Å². The van der Waals surface area contributed by atoms with E-state index in [0.717, 1.165) is 48.2 Å². The summed E-state index contributed by atoms with van der Waals surface area (Å²) in [6.45, 7) is 3.94. The molecule has 3 aromatic carbocycles. The molecule has 0 saturated carbocycles. The largest absolute Gasteiger partial charge is 0.480 e. The zero-order valence-electron chi connectivity index (χ0n) is 23.1. The van der Waals surface area contributed by atoms with Gasteiger partial charge in [-0.3, -0.25) is 4.79 Å². The number of anilines is 1. The van der Waals surface area contributed by atoms with E-state index in [0.29, 0.717) is 23.3 Å². The van der Waals surface area contributed by atoms with Crippen LogP contribution in [0.4, 0.5) is 5.82 Å². The van der Waals surface area contributed by atoms with E-state index in [1.807, 2.05) is 72.8 Å². The van der Waals surface area contributed by atoms with E-state index < -0.39 is 17.9 Å². The molecule has 1 fully saturated rings. The lowest BCUT2D eigenvalue weighted by molar-refractivity contribution is -0.138. The molecule has 7 nitrogen and oxygen atoms in total. The van der Waals surface area contributed by atoms with Gasteiger partial charge in [0.25, 0.3) is 5.91 Å². The zero-order chi connectivity index (χ0) is 28.6. The molecule has 1 aliphatic rings. The molecule has 0 aliphatic carbocycles. The minimum atomic E-state index is -1.07. The Labute approximate surface area is 245 Å². The molecule has 5 rings (SSSR count). The van der Waals surface area contributed by atoms with Crippen LogP contribution in [0.1, 0.15) is 35.8 Å². The van der Waals surface area contributed by atoms with Crippen molar-refractivity contribution in [1.29, 1.82) is 0 Å². The first-order valence-corrected chi connectivity index (χ1v) is 15.1. The number of nitrogens with zero attached hydrogens (tertiary/aromatic N) is 3. The highest BCUT2D eigenvalue weighted by Crippen LogP contribution is 2.27. The number of thioether (sulfide) groups is 1. The maximum absolute atomic E-state index is 13.4. The molecule has 1 amide bonds. The number of aromatic nitrogens is 2. The van der Waals surface area contributed by atoms with Crippen LogP contribution >= 0.6 is 11.8 Å². The molecule has 2 heterocycles. The van der Waals surface area contributed by atoms with E-state index in [9.17, 15) is 14.7 Å². The minimum Gasteiger partial charge on any atom is -0.480 e. The van der Waals surface area contributed by atoms with Gasteiger partial charge in [0.2, 0.25) is 0 Å². The fraction of sp³-hybridized carbons (Fsp3) is 0.273. The van der Waals surface area contributed by atoms with E-state index in [2.05, 4.69) is 34.3 Å². The van der Waals surface area contributed by atoms with Gasteiger partial charge in [-0.05, 0) is 35.4 Å². The molecule has 1 aliphatic heterocycles. The maximum atomic E-state index is 13.4. The fourth-order valence-electron chi connectivity index (χ4n) is 4.80. The molecular formula is C33H34N4O3S. The summed E-state index contributed by atoms with van der Waals surface area (Å²) in [6, 6.07) is 28.6. The number of carbonyl (C=O) groups excluding carboxylic acids is 1. The fourth-order valence-corrected chi connectivity index (χ4v) is 5.81. The summed E-state index contributed by atoms with van der Waals surface area (Å²) >= 11 is 1.47. The summed E-state index contributed by atoms with van der Waals surface area (Å²) < 4.78 is 0. The Bertz CT molecular complexity index is 1460. The number of aliphatic carboxylic acids is 1. The van der Waals surface area contributed by atoms with Gasteiger partial charge in [-0.25, -0.2) is 14.8 Å². The number of hydrogen-bond acceptors (Lipinski definition) is 6. The topological polar surface area (TPSA) is 95.4 Å².